The van der Waals surface area contributed by atoms with Crippen LogP contribution >= 0.6 is 39.1 Å². The molecule has 3 rings (SSSR count). The van der Waals surface area contributed by atoms with E-state index < -0.39 is 0 Å². The van der Waals surface area contributed by atoms with E-state index in [4.69, 9.17) is 32.7 Å². The van der Waals surface area contributed by atoms with Crippen LogP contribution in [0.3, 0.4) is 0 Å². The molecule has 1 aliphatic rings. The number of methoxy groups -OCH3 is 1. The summed E-state index contributed by atoms with van der Waals surface area (Å²) in [5.41, 5.74) is 3.09. The molecule has 2 aromatic carbocycles. The van der Waals surface area contributed by atoms with Crippen molar-refractivity contribution in [2.45, 2.75) is 11.2 Å². The first-order valence-electron chi connectivity index (χ1n) is 6.52. The van der Waals surface area contributed by atoms with Crippen LogP contribution in [0, 0.1) is 0 Å². The predicted octanol–water partition coefficient (Wildman–Crippen LogP) is 5.42. The highest BCUT2D eigenvalue weighted by atomic mass is 79.9. The van der Waals surface area contributed by atoms with Gasteiger partial charge in [0.15, 0.2) is 0 Å². The standard InChI is InChI=1S/C16H13BrCl2O2/c1-20-14-3-2-10(18)7-12(14)15(17)13-8-11(19)6-9-4-5-21-16(9)13/h2-3,6-8,15H,4-5H2,1H3. The third-order valence-electron chi connectivity index (χ3n) is 3.51. The van der Waals surface area contributed by atoms with E-state index in [0.29, 0.717) is 16.7 Å². The highest BCUT2D eigenvalue weighted by molar-refractivity contribution is 9.09. The van der Waals surface area contributed by atoms with Crippen LogP contribution in [0.15, 0.2) is 30.3 Å². The molecule has 0 saturated carbocycles. The van der Waals surface area contributed by atoms with Crippen molar-refractivity contribution in [1.29, 1.82) is 0 Å². The Morgan fingerprint density at radius 2 is 1.90 bits per heavy atom. The lowest BCUT2D eigenvalue weighted by Gasteiger charge is -2.18. The van der Waals surface area contributed by atoms with Gasteiger partial charge in [-0.25, -0.2) is 0 Å². The van der Waals surface area contributed by atoms with Crippen molar-refractivity contribution in [2.24, 2.45) is 0 Å². The van der Waals surface area contributed by atoms with Gasteiger partial charge < -0.3 is 9.47 Å². The highest BCUT2D eigenvalue weighted by Gasteiger charge is 2.25. The first kappa shape index (κ1) is 15.0. The van der Waals surface area contributed by atoms with Gasteiger partial charge in [0.05, 0.1) is 18.5 Å². The van der Waals surface area contributed by atoms with Crippen molar-refractivity contribution < 1.29 is 9.47 Å². The van der Waals surface area contributed by atoms with Gasteiger partial charge in [-0.1, -0.05) is 39.1 Å². The molecular formula is C16H13BrCl2O2. The van der Waals surface area contributed by atoms with Crippen LogP contribution in [-0.4, -0.2) is 13.7 Å². The second-order valence-corrected chi connectivity index (χ2v) is 6.62. The third-order valence-corrected chi connectivity index (χ3v) is 4.95. The predicted molar refractivity (Wildman–Crippen MR) is 89.4 cm³/mol. The third kappa shape index (κ3) is 2.87. The molecule has 1 unspecified atom stereocenters. The van der Waals surface area contributed by atoms with E-state index >= 15 is 0 Å². The molecule has 0 amide bonds. The lowest BCUT2D eigenvalue weighted by Crippen LogP contribution is -2.00. The zero-order chi connectivity index (χ0) is 15.0. The fourth-order valence-electron chi connectivity index (χ4n) is 2.56. The number of hydrogen-bond donors (Lipinski definition) is 0. The minimum absolute atomic E-state index is 0.100. The molecule has 2 aromatic rings. The summed E-state index contributed by atoms with van der Waals surface area (Å²) in [4.78, 5) is -0.100. The number of rotatable bonds is 3. The molecule has 0 aliphatic carbocycles. The molecule has 21 heavy (non-hydrogen) atoms. The molecule has 0 fully saturated rings. The Morgan fingerprint density at radius 3 is 2.67 bits per heavy atom. The van der Waals surface area contributed by atoms with E-state index in [0.717, 1.165) is 34.6 Å². The van der Waals surface area contributed by atoms with E-state index in [9.17, 15) is 0 Å². The van der Waals surface area contributed by atoms with Crippen LogP contribution < -0.4 is 9.47 Å². The van der Waals surface area contributed by atoms with Gasteiger partial charge in [0.1, 0.15) is 11.5 Å². The van der Waals surface area contributed by atoms with Crippen molar-refractivity contribution in [3.05, 3.63) is 57.1 Å². The van der Waals surface area contributed by atoms with Crippen LogP contribution in [0.5, 0.6) is 11.5 Å². The molecule has 1 aliphatic heterocycles. The normalized spacial score (nSPS) is 14.5. The van der Waals surface area contributed by atoms with Gasteiger partial charge in [0.25, 0.3) is 0 Å². The molecule has 0 aromatic heterocycles. The Morgan fingerprint density at radius 1 is 1.14 bits per heavy atom. The van der Waals surface area contributed by atoms with E-state index in [1.165, 1.54) is 0 Å². The summed E-state index contributed by atoms with van der Waals surface area (Å²) < 4.78 is 11.2. The van der Waals surface area contributed by atoms with E-state index in [-0.39, 0.29) is 4.83 Å². The first-order chi connectivity index (χ1) is 10.1. The summed E-state index contributed by atoms with van der Waals surface area (Å²) in [6, 6.07) is 9.44. The fraction of sp³-hybridized carbons (Fsp3) is 0.250. The van der Waals surface area contributed by atoms with E-state index in [1.807, 2.05) is 30.3 Å². The molecule has 110 valence electrons. The van der Waals surface area contributed by atoms with Gasteiger partial charge >= 0.3 is 0 Å². The van der Waals surface area contributed by atoms with Crippen LogP contribution in [-0.2, 0) is 6.42 Å². The Labute approximate surface area is 142 Å². The number of fused-ring (bicyclic) bond motifs is 1. The molecule has 0 saturated heterocycles. The number of halogens is 3. The smallest absolute Gasteiger partial charge is 0.127 e. The maximum Gasteiger partial charge on any atom is 0.127 e. The van der Waals surface area contributed by atoms with Crippen LogP contribution in [0.25, 0.3) is 0 Å². The molecular weight excluding hydrogens is 375 g/mol. The number of alkyl halides is 1. The Bertz CT molecular complexity index is 688. The molecule has 0 bridgehead atoms. The lowest BCUT2D eigenvalue weighted by molar-refractivity contribution is 0.353. The van der Waals surface area contributed by atoms with E-state index in [1.54, 1.807) is 7.11 Å². The second kappa shape index (κ2) is 6.07. The monoisotopic (exact) mass is 386 g/mol. The van der Waals surface area contributed by atoms with Gasteiger partial charge in [-0.3, -0.25) is 0 Å². The minimum atomic E-state index is -0.100. The molecule has 1 atom stereocenters. The molecule has 5 heteroatoms. The largest absolute Gasteiger partial charge is 0.496 e. The summed E-state index contributed by atoms with van der Waals surface area (Å²) in [5.74, 6) is 1.68. The SMILES string of the molecule is COc1ccc(Cl)cc1C(Br)c1cc(Cl)cc2c1OCC2. The summed E-state index contributed by atoms with van der Waals surface area (Å²) in [5, 5.41) is 1.37. The Balaban J connectivity index is 2.11. The van der Waals surface area contributed by atoms with Crippen LogP contribution in [0.2, 0.25) is 10.0 Å². The lowest BCUT2D eigenvalue weighted by atomic mass is 10.00. The quantitative estimate of drug-likeness (QED) is 0.654. The summed E-state index contributed by atoms with van der Waals surface area (Å²) in [7, 11) is 1.64. The van der Waals surface area contributed by atoms with Gasteiger partial charge in [-0.2, -0.15) is 0 Å². The number of ether oxygens (including phenoxy) is 2. The van der Waals surface area contributed by atoms with E-state index in [2.05, 4.69) is 15.9 Å². The van der Waals surface area contributed by atoms with Crippen molar-refractivity contribution in [3.63, 3.8) is 0 Å². The van der Waals surface area contributed by atoms with Crippen molar-refractivity contribution in [1.82, 2.24) is 0 Å². The Hall–Kier alpha value is -0.900. The molecule has 1 heterocycles. The maximum atomic E-state index is 6.23. The Kier molecular flexibility index (Phi) is 4.34. The summed E-state index contributed by atoms with van der Waals surface area (Å²) in [6.07, 6.45) is 0.884. The molecule has 2 nitrogen and oxygen atoms in total. The molecule has 0 spiro atoms. The highest BCUT2D eigenvalue weighted by Crippen LogP contribution is 2.45. The van der Waals surface area contributed by atoms with Gasteiger partial charge in [0, 0.05) is 27.6 Å². The van der Waals surface area contributed by atoms with Gasteiger partial charge in [0.2, 0.25) is 0 Å². The van der Waals surface area contributed by atoms with Crippen molar-refractivity contribution in [2.75, 3.05) is 13.7 Å². The maximum absolute atomic E-state index is 6.23. The summed E-state index contributed by atoms with van der Waals surface area (Å²) >= 11 is 16.1. The summed E-state index contributed by atoms with van der Waals surface area (Å²) in [6.45, 7) is 0.690. The van der Waals surface area contributed by atoms with Crippen molar-refractivity contribution in [3.8, 4) is 11.5 Å². The first-order valence-corrected chi connectivity index (χ1v) is 8.20. The zero-order valence-electron chi connectivity index (χ0n) is 11.3. The van der Waals surface area contributed by atoms with Crippen molar-refractivity contribution >= 4 is 39.1 Å². The van der Waals surface area contributed by atoms with Gasteiger partial charge in [-0.05, 0) is 35.9 Å². The second-order valence-electron chi connectivity index (χ2n) is 4.83. The molecule has 0 radical (unpaired) electrons. The fourth-order valence-corrected chi connectivity index (χ4v) is 3.68. The average Bonchev–Trinajstić information content (AvgIpc) is 2.93. The van der Waals surface area contributed by atoms with Crippen LogP contribution in [0.4, 0.5) is 0 Å². The average molecular weight is 388 g/mol. The number of benzene rings is 2. The topological polar surface area (TPSA) is 18.5 Å². The van der Waals surface area contributed by atoms with Gasteiger partial charge in [-0.15, -0.1) is 0 Å². The zero-order valence-corrected chi connectivity index (χ0v) is 14.4. The number of hydrogen-bond acceptors (Lipinski definition) is 2. The minimum Gasteiger partial charge on any atom is -0.496 e. The van der Waals surface area contributed by atoms with Crippen LogP contribution in [0.1, 0.15) is 21.5 Å². The molecule has 0 N–H and O–H groups in total.